The van der Waals surface area contributed by atoms with Gasteiger partial charge in [-0.3, -0.25) is 4.79 Å². The summed E-state index contributed by atoms with van der Waals surface area (Å²) in [6.07, 6.45) is 2.80. The molecular weight excluding hydrogens is 404 g/mol. The number of anilines is 1. The number of ether oxygens (including phenoxy) is 2. The lowest BCUT2D eigenvalue weighted by atomic mass is 10.1. The summed E-state index contributed by atoms with van der Waals surface area (Å²) >= 11 is 0. The highest BCUT2D eigenvalue weighted by atomic mass is 16.5. The maximum Gasteiger partial charge on any atom is 0.217 e. The molecule has 1 N–H and O–H groups in total. The number of carbonyl (C=O) groups excluding carboxylic acids is 1. The van der Waals surface area contributed by atoms with E-state index in [1.807, 2.05) is 61.5 Å². The number of nitrogens with one attached hydrogen (secondary N) is 1. The van der Waals surface area contributed by atoms with Crippen molar-refractivity contribution in [3.05, 3.63) is 66.4 Å². The fourth-order valence-electron chi connectivity index (χ4n) is 3.87. The Hall–Kier alpha value is -3.61. The number of carbonyl (C=O) groups is 1. The molecule has 0 saturated carbocycles. The van der Waals surface area contributed by atoms with Gasteiger partial charge in [0.2, 0.25) is 5.91 Å². The van der Waals surface area contributed by atoms with E-state index in [1.165, 1.54) is 6.92 Å². The lowest BCUT2D eigenvalue weighted by molar-refractivity contribution is -0.119. The van der Waals surface area contributed by atoms with Crippen molar-refractivity contribution in [3.8, 4) is 22.9 Å². The smallest absolute Gasteiger partial charge is 0.217 e. The summed E-state index contributed by atoms with van der Waals surface area (Å²) in [6, 6.07) is 17.6. The third-order valence-electron chi connectivity index (χ3n) is 5.54. The lowest BCUT2D eigenvalue weighted by Crippen LogP contribution is -2.25. The van der Waals surface area contributed by atoms with Crippen molar-refractivity contribution in [2.75, 3.05) is 25.1 Å². The molecule has 7 nitrogen and oxygen atoms in total. The second-order valence-corrected chi connectivity index (χ2v) is 7.94. The quantitative estimate of drug-likeness (QED) is 0.608. The van der Waals surface area contributed by atoms with Crippen LogP contribution in [0.2, 0.25) is 0 Å². The molecule has 2 heterocycles. The van der Waals surface area contributed by atoms with Crippen LogP contribution in [-0.4, -0.2) is 42.2 Å². The second-order valence-electron chi connectivity index (χ2n) is 7.94. The first-order valence-corrected chi connectivity index (χ1v) is 10.8. The Morgan fingerprint density at radius 3 is 2.72 bits per heavy atom. The van der Waals surface area contributed by atoms with Gasteiger partial charge in [0.1, 0.15) is 23.4 Å². The molecule has 0 aliphatic carbocycles. The molecular formula is C25H28N4O3. The summed E-state index contributed by atoms with van der Waals surface area (Å²) in [4.78, 5) is 22.7. The van der Waals surface area contributed by atoms with E-state index in [0.717, 1.165) is 48.0 Å². The van der Waals surface area contributed by atoms with Crippen LogP contribution in [0.4, 0.5) is 5.82 Å². The number of amides is 1. The average Bonchev–Trinajstić information content (AvgIpc) is 3.28. The molecule has 0 spiro atoms. The third kappa shape index (κ3) is 5.17. The Balaban J connectivity index is 1.39. The number of aromatic nitrogens is 2. The Bertz CT molecular complexity index is 1070. The summed E-state index contributed by atoms with van der Waals surface area (Å²) in [5.41, 5.74) is 1.97. The molecule has 4 rings (SSSR count). The van der Waals surface area contributed by atoms with E-state index >= 15 is 0 Å². The number of rotatable bonds is 7. The van der Waals surface area contributed by atoms with Crippen LogP contribution >= 0.6 is 0 Å². The predicted octanol–water partition coefficient (Wildman–Crippen LogP) is 4.01. The van der Waals surface area contributed by atoms with Gasteiger partial charge in [-0.25, -0.2) is 9.97 Å². The van der Waals surface area contributed by atoms with E-state index in [-0.39, 0.29) is 18.1 Å². The van der Waals surface area contributed by atoms with Gasteiger partial charge in [0, 0.05) is 31.6 Å². The van der Waals surface area contributed by atoms with Crippen LogP contribution in [0, 0.1) is 0 Å². The van der Waals surface area contributed by atoms with Gasteiger partial charge in [-0.15, -0.1) is 0 Å². The van der Waals surface area contributed by atoms with Crippen LogP contribution in [0.5, 0.6) is 11.5 Å². The topological polar surface area (TPSA) is 76.6 Å². The molecule has 32 heavy (non-hydrogen) atoms. The van der Waals surface area contributed by atoms with Gasteiger partial charge < -0.3 is 19.7 Å². The van der Waals surface area contributed by atoms with Gasteiger partial charge in [0.25, 0.3) is 0 Å². The van der Waals surface area contributed by atoms with Gasteiger partial charge in [0.15, 0.2) is 5.82 Å². The highest BCUT2D eigenvalue weighted by Crippen LogP contribution is 2.26. The maximum atomic E-state index is 11.2. The minimum atomic E-state index is -0.0387. The molecule has 1 aliphatic rings. The summed E-state index contributed by atoms with van der Waals surface area (Å²) in [5, 5.41) is 2.89. The molecule has 1 aliphatic heterocycles. The summed E-state index contributed by atoms with van der Waals surface area (Å²) in [6.45, 7) is 5.13. The number of hydrogen-bond acceptors (Lipinski definition) is 6. The van der Waals surface area contributed by atoms with Gasteiger partial charge in [-0.1, -0.05) is 24.3 Å². The molecule has 0 radical (unpaired) electrons. The van der Waals surface area contributed by atoms with Gasteiger partial charge in [-0.05, 0) is 42.8 Å². The minimum absolute atomic E-state index is 0.0277. The van der Waals surface area contributed by atoms with Crippen molar-refractivity contribution in [1.29, 1.82) is 0 Å². The largest absolute Gasteiger partial charge is 0.497 e. The van der Waals surface area contributed by atoms with E-state index in [9.17, 15) is 4.79 Å². The van der Waals surface area contributed by atoms with Crippen LogP contribution in [0.1, 0.15) is 31.9 Å². The zero-order valence-electron chi connectivity index (χ0n) is 18.6. The Morgan fingerprint density at radius 2 is 1.97 bits per heavy atom. The van der Waals surface area contributed by atoms with Crippen molar-refractivity contribution in [1.82, 2.24) is 15.3 Å². The fourth-order valence-corrected chi connectivity index (χ4v) is 3.87. The zero-order valence-corrected chi connectivity index (χ0v) is 18.6. The predicted molar refractivity (Wildman–Crippen MR) is 124 cm³/mol. The molecule has 1 unspecified atom stereocenters. The number of methoxy groups -OCH3 is 1. The summed E-state index contributed by atoms with van der Waals surface area (Å²) in [5.74, 6) is 3.14. The first-order valence-electron chi connectivity index (χ1n) is 10.8. The molecule has 1 amide bonds. The fraction of sp³-hybridized carbons (Fsp3) is 0.320. The van der Waals surface area contributed by atoms with E-state index in [1.54, 1.807) is 13.3 Å². The molecule has 2 aromatic carbocycles. The summed E-state index contributed by atoms with van der Waals surface area (Å²) in [7, 11) is 1.65. The van der Waals surface area contributed by atoms with Crippen LogP contribution in [0.3, 0.4) is 0 Å². The molecule has 1 fully saturated rings. The third-order valence-corrected chi connectivity index (χ3v) is 5.54. The first-order chi connectivity index (χ1) is 15.5. The van der Waals surface area contributed by atoms with Crippen molar-refractivity contribution < 1.29 is 14.3 Å². The van der Waals surface area contributed by atoms with Crippen LogP contribution < -0.4 is 19.7 Å². The average molecular weight is 433 g/mol. The van der Waals surface area contributed by atoms with Crippen molar-refractivity contribution in [2.45, 2.75) is 32.4 Å². The van der Waals surface area contributed by atoms with Crippen molar-refractivity contribution in [3.63, 3.8) is 0 Å². The summed E-state index contributed by atoms with van der Waals surface area (Å²) < 4.78 is 11.5. The van der Waals surface area contributed by atoms with Crippen LogP contribution in [0.15, 0.2) is 60.8 Å². The van der Waals surface area contributed by atoms with E-state index in [4.69, 9.17) is 14.5 Å². The Kier molecular flexibility index (Phi) is 6.54. The zero-order chi connectivity index (χ0) is 22.5. The Labute approximate surface area is 188 Å². The number of nitrogens with zero attached hydrogens (tertiary/aromatic N) is 3. The van der Waals surface area contributed by atoms with Crippen molar-refractivity contribution >= 4 is 11.7 Å². The molecule has 0 bridgehead atoms. The molecule has 166 valence electrons. The van der Waals surface area contributed by atoms with Gasteiger partial charge in [-0.2, -0.15) is 0 Å². The highest BCUT2D eigenvalue weighted by Gasteiger charge is 2.25. The van der Waals surface area contributed by atoms with E-state index in [0.29, 0.717) is 5.82 Å². The normalized spacial score (nSPS) is 16.5. The van der Waals surface area contributed by atoms with Crippen LogP contribution in [-0.2, 0) is 4.79 Å². The second kappa shape index (κ2) is 9.68. The monoisotopic (exact) mass is 432 g/mol. The van der Waals surface area contributed by atoms with Crippen LogP contribution in [0.25, 0.3) is 11.4 Å². The molecule has 1 aromatic heterocycles. The molecule has 1 saturated heterocycles. The maximum absolute atomic E-state index is 11.2. The van der Waals surface area contributed by atoms with Gasteiger partial charge in [0.05, 0.1) is 19.7 Å². The SMILES string of the molecule is COc1cccc(-c2nccc(N3CC[C@@H](Oc4ccc(C(C)NC(C)=O)cc4)C3)n2)c1. The first kappa shape index (κ1) is 21.6. The molecule has 2 atom stereocenters. The Morgan fingerprint density at radius 1 is 1.16 bits per heavy atom. The molecule has 3 aromatic rings. The van der Waals surface area contributed by atoms with E-state index < -0.39 is 0 Å². The lowest BCUT2D eigenvalue weighted by Gasteiger charge is -2.19. The van der Waals surface area contributed by atoms with E-state index in [2.05, 4.69) is 15.2 Å². The minimum Gasteiger partial charge on any atom is -0.497 e. The number of benzene rings is 2. The highest BCUT2D eigenvalue weighted by molar-refractivity contribution is 5.73. The van der Waals surface area contributed by atoms with Gasteiger partial charge >= 0.3 is 0 Å². The number of hydrogen-bond donors (Lipinski definition) is 1. The molecule has 7 heteroatoms. The standard InChI is InChI=1S/C25H28N4O3/c1-17(27-18(2)30)19-7-9-21(10-8-19)32-23-12-14-29(16-23)24-11-13-26-25(28-24)20-5-4-6-22(15-20)31-3/h4-11,13,15,17,23H,12,14,16H2,1-3H3,(H,27,30)/t17?,23-/m1/s1. The van der Waals surface area contributed by atoms with Crippen molar-refractivity contribution in [2.24, 2.45) is 0 Å².